The first kappa shape index (κ1) is 32.6. The van der Waals surface area contributed by atoms with E-state index in [0.29, 0.717) is 39.1 Å². The van der Waals surface area contributed by atoms with E-state index in [1.807, 2.05) is 91.0 Å². The van der Waals surface area contributed by atoms with Gasteiger partial charge in [0.15, 0.2) is 0 Å². The summed E-state index contributed by atoms with van der Waals surface area (Å²) in [7, 11) is 0. The van der Waals surface area contributed by atoms with E-state index < -0.39 is 17.9 Å². The summed E-state index contributed by atoms with van der Waals surface area (Å²) in [4.78, 5) is 38.7. The SMILES string of the molecule is O=C(OCCCOc1ccccc1)c1cc(C(=O)OCCCOc2ccccc2)cc(C(=O)OCCCOc2ccccc2)c1. The Labute approximate surface area is 262 Å². The third kappa shape index (κ3) is 11.7. The molecule has 234 valence electrons. The molecular weight excluding hydrogens is 576 g/mol. The quantitative estimate of drug-likeness (QED) is 0.0701. The number of para-hydroxylation sites is 3. The summed E-state index contributed by atoms with van der Waals surface area (Å²) in [5.41, 5.74) is 0.0839. The van der Waals surface area contributed by atoms with E-state index in [1.54, 1.807) is 0 Å². The summed E-state index contributed by atoms with van der Waals surface area (Å²) in [6, 6.07) is 31.9. The highest BCUT2D eigenvalue weighted by molar-refractivity contribution is 6.00. The first-order chi connectivity index (χ1) is 22.1. The number of hydrogen-bond acceptors (Lipinski definition) is 9. The van der Waals surface area contributed by atoms with Gasteiger partial charge in [-0.3, -0.25) is 0 Å². The van der Waals surface area contributed by atoms with Gasteiger partial charge in [-0.2, -0.15) is 0 Å². The number of ether oxygens (including phenoxy) is 6. The minimum Gasteiger partial charge on any atom is -0.493 e. The van der Waals surface area contributed by atoms with Crippen molar-refractivity contribution in [3.8, 4) is 17.2 Å². The standard InChI is InChI=1S/C36H36O9/c37-34(43-22-10-19-40-31-13-4-1-5-14-31)28-25-29(35(38)44-23-11-20-41-32-15-6-2-7-16-32)27-30(26-28)36(39)45-24-12-21-42-33-17-8-3-9-18-33/h1-9,13-18,25-27H,10-12,19-24H2. The van der Waals surface area contributed by atoms with Crippen LogP contribution in [0.5, 0.6) is 17.2 Å². The normalized spacial score (nSPS) is 10.4. The molecule has 45 heavy (non-hydrogen) atoms. The van der Waals surface area contributed by atoms with Gasteiger partial charge in [0.1, 0.15) is 17.2 Å². The summed E-state index contributed by atoms with van der Waals surface area (Å²) in [5, 5.41) is 0. The summed E-state index contributed by atoms with van der Waals surface area (Å²) >= 11 is 0. The molecular formula is C36H36O9. The van der Waals surface area contributed by atoms with Gasteiger partial charge >= 0.3 is 17.9 Å². The Kier molecular flexibility index (Phi) is 13.3. The van der Waals surface area contributed by atoms with E-state index >= 15 is 0 Å². The molecule has 0 aromatic heterocycles. The predicted octanol–water partition coefficient (Wildman–Crippen LogP) is 6.56. The van der Waals surface area contributed by atoms with Crippen molar-refractivity contribution in [3.63, 3.8) is 0 Å². The zero-order valence-corrected chi connectivity index (χ0v) is 24.9. The van der Waals surface area contributed by atoms with Crippen LogP contribution in [-0.4, -0.2) is 57.5 Å². The fraction of sp³-hybridized carbons (Fsp3) is 0.250. The van der Waals surface area contributed by atoms with Gasteiger partial charge in [0.2, 0.25) is 0 Å². The number of benzene rings is 4. The number of hydrogen-bond donors (Lipinski definition) is 0. The van der Waals surface area contributed by atoms with Crippen molar-refractivity contribution in [2.24, 2.45) is 0 Å². The van der Waals surface area contributed by atoms with Crippen LogP contribution in [0.4, 0.5) is 0 Å². The van der Waals surface area contributed by atoms with Gasteiger partial charge in [-0.25, -0.2) is 14.4 Å². The van der Waals surface area contributed by atoms with Gasteiger partial charge in [0, 0.05) is 19.3 Å². The van der Waals surface area contributed by atoms with Crippen molar-refractivity contribution >= 4 is 17.9 Å². The van der Waals surface area contributed by atoms with Crippen LogP contribution in [0.1, 0.15) is 50.3 Å². The molecule has 9 heteroatoms. The summed E-state index contributed by atoms with van der Waals surface area (Å²) < 4.78 is 33.0. The van der Waals surface area contributed by atoms with Gasteiger partial charge in [-0.05, 0) is 54.6 Å². The first-order valence-corrected chi connectivity index (χ1v) is 14.8. The second kappa shape index (κ2) is 18.4. The summed E-state index contributed by atoms with van der Waals surface area (Å²) in [6.45, 7) is 1.31. The lowest BCUT2D eigenvalue weighted by molar-refractivity contribution is 0.0484. The maximum Gasteiger partial charge on any atom is 0.338 e. The van der Waals surface area contributed by atoms with Crippen LogP contribution in [0.15, 0.2) is 109 Å². The van der Waals surface area contributed by atoms with Gasteiger partial charge in [-0.15, -0.1) is 0 Å². The van der Waals surface area contributed by atoms with E-state index in [2.05, 4.69) is 0 Å². The number of carbonyl (C=O) groups excluding carboxylic acids is 3. The molecule has 0 atom stereocenters. The zero-order chi connectivity index (χ0) is 31.5. The van der Waals surface area contributed by atoms with E-state index in [1.165, 1.54) is 18.2 Å². The first-order valence-electron chi connectivity index (χ1n) is 14.8. The molecule has 4 rings (SSSR count). The Hall–Kier alpha value is -5.31. The lowest BCUT2D eigenvalue weighted by Gasteiger charge is -2.11. The summed E-state index contributed by atoms with van der Waals surface area (Å²) in [6.07, 6.45) is 1.36. The van der Waals surface area contributed by atoms with Crippen molar-refractivity contribution in [2.75, 3.05) is 39.6 Å². The molecule has 0 saturated carbocycles. The molecule has 0 amide bonds. The average molecular weight is 613 g/mol. The molecule has 0 fully saturated rings. The molecule has 0 radical (unpaired) electrons. The van der Waals surface area contributed by atoms with Crippen LogP contribution >= 0.6 is 0 Å². The second-order valence-electron chi connectivity index (χ2n) is 9.75. The van der Waals surface area contributed by atoms with Gasteiger partial charge in [-0.1, -0.05) is 54.6 Å². The number of esters is 3. The van der Waals surface area contributed by atoms with Gasteiger partial charge < -0.3 is 28.4 Å². The van der Waals surface area contributed by atoms with Crippen LogP contribution in [0, 0.1) is 0 Å². The average Bonchev–Trinajstić information content (AvgIpc) is 3.08. The van der Waals surface area contributed by atoms with E-state index in [4.69, 9.17) is 28.4 Å². The molecule has 0 unspecified atom stereocenters. The molecule has 0 saturated heterocycles. The maximum atomic E-state index is 12.9. The van der Waals surface area contributed by atoms with E-state index in [9.17, 15) is 14.4 Å². The summed E-state index contributed by atoms with van der Waals surface area (Å²) in [5.74, 6) is 0.0900. The fourth-order valence-electron chi connectivity index (χ4n) is 4.02. The molecule has 4 aromatic rings. The Morgan fingerprint density at radius 3 is 0.911 bits per heavy atom. The van der Waals surface area contributed by atoms with Crippen LogP contribution < -0.4 is 14.2 Å². The minimum absolute atomic E-state index is 0.0280. The highest BCUT2D eigenvalue weighted by Gasteiger charge is 2.19. The molecule has 0 heterocycles. The molecule has 0 aliphatic heterocycles. The minimum atomic E-state index is -0.689. The Morgan fingerprint density at radius 2 is 0.644 bits per heavy atom. The van der Waals surface area contributed by atoms with Gasteiger partial charge in [0.25, 0.3) is 0 Å². The number of rotatable bonds is 18. The molecule has 4 aromatic carbocycles. The maximum absolute atomic E-state index is 12.9. The third-order valence-electron chi connectivity index (χ3n) is 6.24. The zero-order valence-electron chi connectivity index (χ0n) is 24.9. The van der Waals surface area contributed by atoms with Crippen LogP contribution in [-0.2, 0) is 14.2 Å². The Bertz CT molecular complexity index is 1280. The largest absolute Gasteiger partial charge is 0.493 e. The van der Waals surface area contributed by atoms with Crippen molar-refractivity contribution < 1.29 is 42.8 Å². The predicted molar refractivity (Wildman–Crippen MR) is 167 cm³/mol. The molecule has 0 aliphatic rings. The third-order valence-corrected chi connectivity index (χ3v) is 6.24. The van der Waals surface area contributed by atoms with Crippen molar-refractivity contribution in [2.45, 2.75) is 19.3 Å². The van der Waals surface area contributed by atoms with Crippen molar-refractivity contribution in [3.05, 3.63) is 126 Å². The molecule has 9 nitrogen and oxygen atoms in total. The molecule has 0 aliphatic carbocycles. The molecule has 0 spiro atoms. The highest BCUT2D eigenvalue weighted by atomic mass is 16.5. The topological polar surface area (TPSA) is 107 Å². The van der Waals surface area contributed by atoms with Gasteiger partial charge in [0.05, 0.1) is 56.3 Å². The van der Waals surface area contributed by atoms with E-state index in [-0.39, 0.29) is 36.5 Å². The Morgan fingerprint density at radius 1 is 0.378 bits per heavy atom. The lowest BCUT2D eigenvalue weighted by atomic mass is 10.1. The molecule has 0 bridgehead atoms. The smallest absolute Gasteiger partial charge is 0.338 e. The lowest BCUT2D eigenvalue weighted by Crippen LogP contribution is -2.15. The van der Waals surface area contributed by atoms with Crippen LogP contribution in [0.3, 0.4) is 0 Å². The fourth-order valence-corrected chi connectivity index (χ4v) is 4.02. The molecule has 0 N–H and O–H groups in total. The van der Waals surface area contributed by atoms with Crippen LogP contribution in [0.2, 0.25) is 0 Å². The van der Waals surface area contributed by atoms with Crippen molar-refractivity contribution in [1.82, 2.24) is 0 Å². The van der Waals surface area contributed by atoms with Crippen molar-refractivity contribution in [1.29, 1.82) is 0 Å². The highest BCUT2D eigenvalue weighted by Crippen LogP contribution is 2.16. The van der Waals surface area contributed by atoms with Crippen LogP contribution in [0.25, 0.3) is 0 Å². The van der Waals surface area contributed by atoms with E-state index in [0.717, 1.165) is 17.2 Å². The number of carbonyl (C=O) groups is 3. The Balaban J connectivity index is 1.30. The second-order valence-corrected chi connectivity index (χ2v) is 9.75. The monoisotopic (exact) mass is 612 g/mol.